The van der Waals surface area contributed by atoms with E-state index in [4.69, 9.17) is 4.74 Å². The highest BCUT2D eigenvalue weighted by Gasteiger charge is 2.18. The average Bonchev–Trinajstić information content (AvgIpc) is 2.74. The number of pyridine rings is 2. The second-order valence-electron chi connectivity index (χ2n) is 6.10. The molecule has 8 heteroatoms. The molecule has 3 rings (SSSR count). The molecule has 1 N–H and O–H groups in total. The Labute approximate surface area is 166 Å². The molecule has 0 bridgehead atoms. The van der Waals surface area contributed by atoms with E-state index in [0.29, 0.717) is 22.7 Å². The Morgan fingerprint density at radius 3 is 2.48 bits per heavy atom. The van der Waals surface area contributed by atoms with Crippen LogP contribution in [0.1, 0.15) is 26.4 Å². The van der Waals surface area contributed by atoms with Crippen LogP contribution in [0.4, 0.5) is 5.69 Å². The third kappa shape index (κ3) is 4.01. The van der Waals surface area contributed by atoms with Crippen LogP contribution in [0.3, 0.4) is 0 Å². The van der Waals surface area contributed by atoms with Gasteiger partial charge in [0, 0.05) is 6.20 Å². The summed E-state index contributed by atoms with van der Waals surface area (Å²) in [5.74, 6) is -0.654. The molecule has 0 spiro atoms. The molecular weight excluding hydrogens is 374 g/mol. The third-order valence-corrected chi connectivity index (χ3v) is 4.29. The van der Waals surface area contributed by atoms with Crippen LogP contribution >= 0.6 is 0 Å². The van der Waals surface area contributed by atoms with Gasteiger partial charge in [-0.15, -0.1) is 0 Å². The van der Waals surface area contributed by atoms with Gasteiger partial charge in [-0.1, -0.05) is 12.1 Å². The molecule has 0 aliphatic heterocycles. The zero-order valence-electron chi connectivity index (χ0n) is 16.1. The van der Waals surface area contributed by atoms with Crippen LogP contribution < -0.4 is 15.6 Å². The molecule has 0 aliphatic rings. The van der Waals surface area contributed by atoms with Gasteiger partial charge in [-0.3, -0.25) is 14.2 Å². The van der Waals surface area contributed by atoms with Crippen molar-refractivity contribution in [1.29, 1.82) is 0 Å². The van der Waals surface area contributed by atoms with Crippen LogP contribution in [-0.2, 0) is 4.74 Å². The molecule has 8 nitrogen and oxygen atoms in total. The van der Waals surface area contributed by atoms with Crippen LogP contribution in [0.2, 0.25) is 0 Å². The molecule has 1 aromatic carbocycles. The van der Waals surface area contributed by atoms with Gasteiger partial charge in [0.1, 0.15) is 17.0 Å². The number of nitrogens with one attached hydrogen (secondary N) is 1. The van der Waals surface area contributed by atoms with Gasteiger partial charge in [0.25, 0.3) is 11.5 Å². The number of anilines is 1. The summed E-state index contributed by atoms with van der Waals surface area (Å²) in [4.78, 5) is 41.2. The van der Waals surface area contributed by atoms with Crippen molar-refractivity contribution in [1.82, 2.24) is 9.55 Å². The largest absolute Gasteiger partial charge is 0.495 e. The summed E-state index contributed by atoms with van der Waals surface area (Å²) in [5, 5.41) is 2.63. The lowest BCUT2D eigenvalue weighted by molar-refractivity contribution is 0.0594. The molecule has 0 aliphatic carbocycles. The fraction of sp³-hybridized carbons (Fsp3) is 0.143. The summed E-state index contributed by atoms with van der Waals surface area (Å²) in [7, 11) is 2.77. The smallest absolute Gasteiger partial charge is 0.356 e. The molecule has 0 unspecified atom stereocenters. The van der Waals surface area contributed by atoms with Crippen molar-refractivity contribution < 1.29 is 19.1 Å². The van der Waals surface area contributed by atoms with Crippen molar-refractivity contribution in [2.45, 2.75) is 6.92 Å². The average molecular weight is 393 g/mol. The monoisotopic (exact) mass is 393 g/mol. The number of methoxy groups -OCH3 is 2. The maximum atomic E-state index is 13.0. The Hall–Kier alpha value is -3.94. The Balaban J connectivity index is 1.95. The predicted octanol–water partition coefficient (Wildman–Crippen LogP) is 2.59. The molecule has 0 fully saturated rings. The van der Waals surface area contributed by atoms with E-state index in [-0.39, 0.29) is 11.3 Å². The van der Waals surface area contributed by atoms with E-state index in [9.17, 15) is 14.4 Å². The first-order valence-electron chi connectivity index (χ1n) is 8.67. The van der Waals surface area contributed by atoms with Crippen LogP contribution in [0.15, 0.2) is 59.7 Å². The number of carbonyl (C=O) groups excluding carboxylic acids is 2. The lowest BCUT2D eigenvalue weighted by Crippen LogP contribution is -2.29. The zero-order valence-corrected chi connectivity index (χ0v) is 16.1. The van der Waals surface area contributed by atoms with E-state index in [1.54, 1.807) is 43.5 Å². The minimum Gasteiger partial charge on any atom is -0.495 e. The van der Waals surface area contributed by atoms with Crippen LogP contribution in [0.25, 0.3) is 5.69 Å². The van der Waals surface area contributed by atoms with Gasteiger partial charge < -0.3 is 14.8 Å². The van der Waals surface area contributed by atoms with E-state index in [1.165, 1.54) is 37.1 Å². The number of rotatable bonds is 5. The highest BCUT2D eigenvalue weighted by atomic mass is 16.5. The third-order valence-electron chi connectivity index (χ3n) is 4.29. The fourth-order valence-corrected chi connectivity index (χ4v) is 2.81. The van der Waals surface area contributed by atoms with Gasteiger partial charge >= 0.3 is 5.97 Å². The minimum absolute atomic E-state index is 0.00421. The molecular formula is C21H19N3O5. The molecule has 29 heavy (non-hydrogen) atoms. The van der Waals surface area contributed by atoms with Gasteiger partial charge in [0.2, 0.25) is 0 Å². The number of benzene rings is 1. The van der Waals surface area contributed by atoms with Crippen molar-refractivity contribution in [2.24, 2.45) is 0 Å². The number of aryl methyl sites for hydroxylation is 1. The Morgan fingerprint density at radius 2 is 1.83 bits per heavy atom. The predicted molar refractivity (Wildman–Crippen MR) is 107 cm³/mol. The van der Waals surface area contributed by atoms with Crippen LogP contribution in [0, 0.1) is 6.92 Å². The van der Waals surface area contributed by atoms with Crippen molar-refractivity contribution in [2.75, 3.05) is 19.5 Å². The first-order chi connectivity index (χ1) is 14.0. The number of amides is 1. The van der Waals surface area contributed by atoms with Gasteiger partial charge in [0.05, 0.1) is 31.8 Å². The van der Waals surface area contributed by atoms with E-state index >= 15 is 0 Å². The maximum Gasteiger partial charge on any atom is 0.356 e. The van der Waals surface area contributed by atoms with E-state index in [0.717, 1.165) is 0 Å². The molecule has 2 aromatic heterocycles. The number of ether oxygens (including phenoxy) is 2. The molecule has 0 saturated heterocycles. The second-order valence-corrected chi connectivity index (χ2v) is 6.10. The first-order valence-corrected chi connectivity index (χ1v) is 8.67. The SMILES string of the molecule is COC(=O)c1ccc(NC(=O)c2c(C)ccn(-c3ccccc3OC)c2=O)cn1. The summed E-state index contributed by atoms with van der Waals surface area (Å²) in [6.45, 7) is 1.68. The molecule has 0 saturated carbocycles. The van der Waals surface area contributed by atoms with Crippen molar-refractivity contribution in [3.63, 3.8) is 0 Å². The summed E-state index contributed by atoms with van der Waals surface area (Å²) in [5.41, 5.74) is 1.02. The Kier molecular flexibility index (Phi) is 5.73. The van der Waals surface area contributed by atoms with Crippen LogP contribution in [0.5, 0.6) is 5.75 Å². The van der Waals surface area contributed by atoms with Crippen LogP contribution in [-0.4, -0.2) is 35.6 Å². The summed E-state index contributed by atoms with van der Waals surface area (Å²) in [6, 6.07) is 11.6. The van der Waals surface area contributed by atoms with Gasteiger partial charge in [-0.25, -0.2) is 9.78 Å². The molecule has 148 valence electrons. The number of carbonyl (C=O) groups is 2. The summed E-state index contributed by atoms with van der Waals surface area (Å²) < 4.78 is 11.3. The minimum atomic E-state index is -0.582. The van der Waals surface area contributed by atoms with E-state index in [1.807, 2.05) is 0 Å². The standard InChI is InChI=1S/C21H19N3O5/c1-13-10-11-24(16-6-4-5-7-17(16)28-2)20(26)18(13)19(25)23-14-8-9-15(22-12-14)21(27)29-3/h4-12H,1-3H3,(H,23,25). The summed E-state index contributed by atoms with van der Waals surface area (Å²) in [6.07, 6.45) is 2.92. The van der Waals surface area contributed by atoms with E-state index in [2.05, 4.69) is 15.0 Å². The number of esters is 1. The molecule has 0 atom stereocenters. The Bertz CT molecular complexity index is 1120. The summed E-state index contributed by atoms with van der Waals surface area (Å²) >= 11 is 0. The molecule has 0 radical (unpaired) electrons. The normalized spacial score (nSPS) is 10.3. The quantitative estimate of drug-likeness (QED) is 0.669. The topological polar surface area (TPSA) is 99.5 Å². The van der Waals surface area contributed by atoms with Crippen molar-refractivity contribution >= 4 is 17.6 Å². The second kappa shape index (κ2) is 8.39. The van der Waals surface area contributed by atoms with Crippen molar-refractivity contribution in [3.05, 3.63) is 82.0 Å². The number of hydrogen-bond acceptors (Lipinski definition) is 6. The van der Waals surface area contributed by atoms with Gasteiger partial charge in [-0.2, -0.15) is 0 Å². The number of aromatic nitrogens is 2. The zero-order chi connectivity index (χ0) is 21.0. The molecule has 1 amide bonds. The lowest BCUT2D eigenvalue weighted by atomic mass is 10.1. The molecule has 3 aromatic rings. The fourth-order valence-electron chi connectivity index (χ4n) is 2.81. The van der Waals surface area contributed by atoms with Crippen molar-refractivity contribution in [3.8, 4) is 11.4 Å². The molecule has 2 heterocycles. The highest BCUT2D eigenvalue weighted by molar-refractivity contribution is 6.05. The maximum absolute atomic E-state index is 13.0. The number of hydrogen-bond donors (Lipinski definition) is 1. The number of para-hydroxylation sites is 2. The first kappa shape index (κ1) is 19.8. The lowest BCUT2D eigenvalue weighted by Gasteiger charge is -2.13. The highest BCUT2D eigenvalue weighted by Crippen LogP contribution is 2.21. The Morgan fingerprint density at radius 1 is 1.07 bits per heavy atom. The number of nitrogens with zero attached hydrogens (tertiary/aromatic N) is 2. The van der Waals surface area contributed by atoms with Gasteiger partial charge in [-0.05, 0) is 42.8 Å². The van der Waals surface area contributed by atoms with Gasteiger partial charge in [0.15, 0.2) is 0 Å². The van der Waals surface area contributed by atoms with E-state index < -0.39 is 17.4 Å².